The first-order chi connectivity index (χ1) is 4.84. The number of hydrogen-bond acceptors (Lipinski definition) is 3. The highest BCUT2D eigenvalue weighted by molar-refractivity contribution is 4.97. The Bertz CT molecular complexity index is 170. The van der Waals surface area contributed by atoms with Crippen molar-refractivity contribution in [2.75, 3.05) is 0 Å². The van der Waals surface area contributed by atoms with Gasteiger partial charge in [0.25, 0.3) is 0 Å². The Labute approximate surface area is 59.8 Å². The van der Waals surface area contributed by atoms with Crippen LogP contribution in [0.3, 0.4) is 0 Å². The summed E-state index contributed by atoms with van der Waals surface area (Å²) in [5, 5.41) is 10.1. The third-order valence-electron chi connectivity index (χ3n) is 1.41. The van der Waals surface area contributed by atoms with Crippen LogP contribution < -0.4 is 5.73 Å². The fraction of sp³-hybridized carbons (Fsp3) is 0.667. The van der Waals surface area contributed by atoms with Crippen molar-refractivity contribution in [3.05, 3.63) is 11.9 Å². The van der Waals surface area contributed by atoms with E-state index in [1.54, 1.807) is 6.20 Å². The van der Waals surface area contributed by atoms with Crippen LogP contribution in [-0.2, 0) is 0 Å². The molecule has 1 aromatic rings. The van der Waals surface area contributed by atoms with Gasteiger partial charge in [0, 0.05) is 0 Å². The minimum absolute atomic E-state index is 0.0451. The minimum Gasteiger partial charge on any atom is -0.323 e. The molecule has 1 aromatic heterocycles. The monoisotopic (exact) mass is 140 g/mol. The molecule has 0 amide bonds. The van der Waals surface area contributed by atoms with Crippen LogP contribution in [0, 0.1) is 0 Å². The molecule has 0 aliphatic carbocycles. The summed E-state index contributed by atoms with van der Waals surface area (Å²) in [6, 6.07) is 0.0451. The van der Waals surface area contributed by atoms with Gasteiger partial charge in [0.05, 0.1) is 17.9 Å². The van der Waals surface area contributed by atoms with E-state index in [1.807, 2.05) is 0 Å². The van der Waals surface area contributed by atoms with Crippen molar-refractivity contribution in [1.82, 2.24) is 15.4 Å². The van der Waals surface area contributed by atoms with Gasteiger partial charge in [-0.15, -0.1) is 0 Å². The second kappa shape index (κ2) is 3.31. The van der Waals surface area contributed by atoms with Crippen molar-refractivity contribution in [3.63, 3.8) is 0 Å². The van der Waals surface area contributed by atoms with Gasteiger partial charge in [-0.1, -0.05) is 13.3 Å². The van der Waals surface area contributed by atoms with E-state index in [9.17, 15) is 0 Å². The quantitative estimate of drug-likeness (QED) is 0.646. The molecule has 1 rings (SSSR count). The van der Waals surface area contributed by atoms with E-state index in [4.69, 9.17) is 5.73 Å². The molecule has 0 radical (unpaired) electrons. The van der Waals surface area contributed by atoms with E-state index in [0.717, 1.165) is 18.5 Å². The van der Waals surface area contributed by atoms with E-state index < -0.39 is 0 Å². The van der Waals surface area contributed by atoms with Crippen molar-refractivity contribution in [2.45, 2.75) is 25.8 Å². The van der Waals surface area contributed by atoms with Gasteiger partial charge in [-0.3, -0.25) is 0 Å². The van der Waals surface area contributed by atoms with E-state index in [1.165, 1.54) is 0 Å². The first-order valence-electron chi connectivity index (χ1n) is 3.46. The predicted octanol–water partition coefficient (Wildman–Crippen LogP) is 0.605. The van der Waals surface area contributed by atoms with Gasteiger partial charge in [0.1, 0.15) is 0 Å². The van der Waals surface area contributed by atoms with Gasteiger partial charge in [-0.2, -0.15) is 15.4 Å². The summed E-state index contributed by atoms with van der Waals surface area (Å²) in [6.45, 7) is 2.10. The molecule has 56 valence electrons. The maximum Gasteiger partial charge on any atom is 0.0991 e. The molecule has 0 spiro atoms. The Morgan fingerprint density at radius 3 is 3.10 bits per heavy atom. The lowest BCUT2D eigenvalue weighted by molar-refractivity contribution is 0.619. The third-order valence-corrected chi connectivity index (χ3v) is 1.41. The fourth-order valence-electron chi connectivity index (χ4n) is 0.848. The molecule has 0 aliphatic rings. The predicted molar refractivity (Wildman–Crippen MR) is 38.2 cm³/mol. The zero-order valence-corrected chi connectivity index (χ0v) is 6.04. The summed E-state index contributed by atoms with van der Waals surface area (Å²) < 4.78 is 0. The maximum atomic E-state index is 5.73. The summed E-state index contributed by atoms with van der Waals surface area (Å²) in [6.07, 6.45) is 3.71. The maximum absolute atomic E-state index is 5.73. The Morgan fingerprint density at radius 1 is 1.80 bits per heavy atom. The molecule has 0 unspecified atom stereocenters. The van der Waals surface area contributed by atoms with Crippen LogP contribution in [0.5, 0.6) is 0 Å². The lowest BCUT2D eigenvalue weighted by Gasteiger charge is -2.03. The lowest BCUT2D eigenvalue weighted by Crippen LogP contribution is -2.09. The average Bonchev–Trinajstić information content (AvgIpc) is 2.38. The average molecular weight is 140 g/mol. The highest BCUT2D eigenvalue weighted by atomic mass is 15.3. The van der Waals surface area contributed by atoms with Gasteiger partial charge in [0.15, 0.2) is 0 Å². The molecule has 4 heteroatoms. The normalized spacial score (nSPS) is 13.4. The van der Waals surface area contributed by atoms with Crippen LogP contribution in [0.15, 0.2) is 6.20 Å². The van der Waals surface area contributed by atoms with Gasteiger partial charge in [0.2, 0.25) is 0 Å². The molecule has 0 aliphatic heterocycles. The van der Waals surface area contributed by atoms with Crippen LogP contribution >= 0.6 is 0 Å². The van der Waals surface area contributed by atoms with E-state index >= 15 is 0 Å². The molecule has 0 fully saturated rings. The number of nitrogens with zero attached hydrogens (tertiary/aromatic N) is 2. The molecular weight excluding hydrogens is 128 g/mol. The molecule has 10 heavy (non-hydrogen) atoms. The van der Waals surface area contributed by atoms with Gasteiger partial charge in [-0.25, -0.2) is 0 Å². The summed E-state index contributed by atoms with van der Waals surface area (Å²) in [5.41, 5.74) is 6.58. The SMILES string of the molecule is CCC[C@H](N)c1cn[nH]n1. The summed E-state index contributed by atoms with van der Waals surface area (Å²) in [4.78, 5) is 0. The second-order valence-electron chi connectivity index (χ2n) is 2.29. The van der Waals surface area contributed by atoms with Crippen molar-refractivity contribution in [3.8, 4) is 0 Å². The number of aromatic nitrogens is 3. The molecule has 0 saturated heterocycles. The molecular formula is C6H12N4. The molecule has 1 atom stereocenters. The number of aromatic amines is 1. The summed E-state index contributed by atoms with van der Waals surface area (Å²) >= 11 is 0. The zero-order valence-electron chi connectivity index (χ0n) is 6.04. The van der Waals surface area contributed by atoms with Crippen LogP contribution in [-0.4, -0.2) is 15.4 Å². The lowest BCUT2D eigenvalue weighted by atomic mass is 10.1. The number of nitrogens with one attached hydrogen (secondary N) is 1. The van der Waals surface area contributed by atoms with Crippen LogP contribution in [0.1, 0.15) is 31.5 Å². The Kier molecular flexibility index (Phi) is 2.39. The molecule has 0 saturated carbocycles. The number of nitrogens with two attached hydrogens (primary N) is 1. The van der Waals surface area contributed by atoms with Crippen molar-refractivity contribution < 1.29 is 0 Å². The minimum atomic E-state index is 0.0451. The Hall–Kier alpha value is -0.900. The highest BCUT2D eigenvalue weighted by Gasteiger charge is 2.05. The number of H-pyrrole nitrogens is 1. The number of rotatable bonds is 3. The Balaban J connectivity index is 2.50. The molecule has 0 aromatic carbocycles. The van der Waals surface area contributed by atoms with Gasteiger partial charge < -0.3 is 5.73 Å². The van der Waals surface area contributed by atoms with Gasteiger partial charge in [-0.05, 0) is 6.42 Å². The topological polar surface area (TPSA) is 67.6 Å². The van der Waals surface area contributed by atoms with Crippen LogP contribution in [0.2, 0.25) is 0 Å². The van der Waals surface area contributed by atoms with E-state index in [0.29, 0.717) is 0 Å². The number of hydrogen-bond donors (Lipinski definition) is 2. The van der Waals surface area contributed by atoms with Crippen molar-refractivity contribution in [1.29, 1.82) is 0 Å². The highest BCUT2D eigenvalue weighted by Crippen LogP contribution is 2.09. The Morgan fingerprint density at radius 2 is 2.60 bits per heavy atom. The first kappa shape index (κ1) is 7.21. The smallest absolute Gasteiger partial charge is 0.0991 e. The van der Waals surface area contributed by atoms with E-state index in [2.05, 4.69) is 22.3 Å². The first-order valence-corrected chi connectivity index (χ1v) is 3.46. The summed E-state index contributed by atoms with van der Waals surface area (Å²) in [7, 11) is 0. The van der Waals surface area contributed by atoms with Crippen molar-refractivity contribution in [2.24, 2.45) is 5.73 Å². The standard InChI is InChI=1S/C6H12N4/c1-2-3-5(7)6-4-8-10-9-6/h4-5H,2-3,7H2,1H3,(H,8,9,10)/t5-/m0/s1. The van der Waals surface area contributed by atoms with Crippen LogP contribution in [0.25, 0.3) is 0 Å². The fourth-order valence-corrected chi connectivity index (χ4v) is 0.848. The largest absolute Gasteiger partial charge is 0.323 e. The summed E-state index contributed by atoms with van der Waals surface area (Å²) in [5.74, 6) is 0. The molecule has 3 N–H and O–H groups in total. The van der Waals surface area contributed by atoms with E-state index in [-0.39, 0.29) is 6.04 Å². The molecule has 0 bridgehead atoms. The van der Waals surface area contributed by atoms with Gasteiger partial charge >= 0.3 is 0 Å². The van der Waals surface area contributed by atoms with Crippen molar-refractivity contribution >= 4 is 0 Å². The van der Waals surface area contributed by atoms with Crippen LogP contribution in [0.4, 0.5) is 0 Å². The third kappa shape index (κ3) is 1.54. The zero-order chi connectivity index (χ0) is 7.40. The second-order valence-corrected chi connectivity index (χ2v) is 2.29. The molecule has 1 heterocycles. The molecule has 4 nitrogen and oxygen atoms in total.